The minimum Gasteiger partial charge on any atom is -0.550 e. The Morgan fingerprint density at radius 2 is 1.42 bits per heavy atom. The van der Waals surface area contributed by atoms with E-state index in [0.717, 1.165) is 0 Å². The number of hydrogen-bond donors (Lipinski definition) is 6. The Bertz CT molecular complexity index is 1190. The number of quaternary nitrogens is 1. The number of carboxylic acids is 1. The molecule has 0 aliphatic carbocycles. The summed E-state index contributed by atoms with van der Waals surface area (Å²) < 4.78 is 0. The van der Waals surface area contributed by atoms with Crippen molar-refractivity contribution in [2.24, 2.45) is 5.92 Å². The zero-order valence-corrected chi connectivity index (χ0v) is 27.0. The maximum atomic E-state index is 13.0. The number of carbonyl (C=O) groups excluding carboxylic acids is 6. The van der Waals surface area contributed by atoms with Gasteiger partial charge in [-0.3, -0.25) is 24.0 Å². The number of benzene rings is 1. The van der Waals surface area contributed by atoms with Crippen molar-refractivity contribution in [3.05, 3.63) is 35.4 Å². The van der Waals surface area contributed by atoms with Crippen molar-refractivity contribution in [1.82, 2.24) is 21.3 Å². The van der Waals surface area contributed by atoms with Crippen LogP contribution in [0.25, 0.3) is 5.53 Å². The van der Waals surface area contributed by atoms with Gasteiger partial charge in [-0.15, -0.1) is 0 Å². The lowest BCUT2D eigenvalue weighted by Gasteiger charge is -2.27. The summed E-state index contributed by atoms with van der Waals surface area (Å²) in [6, 6.07) is 0.985. The van der Waals surface area contributed by atoms with Crippen LogP contribution in [-0.4, -0.2) is 95.3 Å². The Morgan fingerprint density at radius 3 is 1.84 bits per heavy atom. The fourth-order valence-corrected chi connectivity index (χ4v) is 4.06. The predicted octanol–water partition coefficient (Wildman–Crippen LogP) is -2.49. The van der Waals surface area contributed by atoms with Crippen molar-refractivity contribution in [1.29, 1.82) is 0 Å². The van der Waals surface area contributed by atoms with Gasteiger partial charge >= 0.3 is 6.21 Å². The van der Waals surface area contributed by atoms with Crippen molar-refractivity contribution in [3.63, 3.8) is 0 Å². The van der Waals surface area contributed by atoms with Crippen molar-refractivity contribution < 1.29 is 48.7 Å². The fourth-order valence-electron chi connectivity index (χ4n) is 4.06. The quantitative estimate of drug-likeness (QED) is 0.0608. The Morgan fingerprint density at radius 1 is 0.867 bits per heavy atom. The summed E-state index contributed by atoms with van der Waals surface area (Å²) in [6.07, 6.45) is -0.402. The number of phenolic OH excluding ortho intramolecular Hbond substituents is 1. The van der Waals surface area contributed by atoms with Crippen LogP contribution in [0.5, 0.6) is 5.75 Å². The van der Waals surface area contributed by atoms with Gasteiger partial charge in [0, 0.05) is 25.7 Å². The first-order valence-corrected chi connectivity index (χ1v) is 14.8. The Hall–Kier alpha value is -4.62. The molecule has 4 amide bonds. The maximum absolute atomic E-state index is 13.0. The first kappa shape index (κ1) is 40.4. The molecule has 1 aromatic rings. The van der Waals surface area contributed by atoms with E-state index in [-0.39, 0.29) is 12.2 Å². The number of rotatable bonds is 17. The number of aliphatic carboxylic acids is 1. The van der Waals surface area contributed by atoms with Crippen LogP contribution in [0, 0.1) is 5.92 Å². The van der Waals surface area contributed by atoms with Gasteiger partial charge in [0.1, 0.15) is 29.9 Å². The Kier molecular flexibility index (Phi) is 19.0. The van der Waals surface area contributed by atoms with Crippen LogP contribution in [0.3, 0.4) is 0 Å². The number of Topliss-reactive ketones (excluding diaryl/α,β-unsaturated/α-hetero) is 1. The van der Waals surface area contributed by atoms with Crippen LogP contribution in [0.2, 0.25) is 0 Å². The standard InChI is InChI=1S/C24H32N6O8.C6H15N/c1-12(2)21(30-23(37)18(28-14(4)31)9-15-5-7-16(32)8-6-15)24(38)27-13(3)22(36)29-17(10-20(34)35)19(33)11-26-25;1-4-7(5-2)6-3/h5-8,11-13,17-18,21,32H,9-10H2,1-4H3,(H,27,38)(H,28,31)(H,29,36)(H,30,37)(H,34,35);4-6H2,1-3H3/t13-,17?,18?,21-;/m0./s1. The molecule has 0 bridgehead atoms. The second-order valence-electron chi connectivity index (χ2n) is 10.7. The number of nitrogens with one attached hydrogen (secondary N) is 5. The molecule has 15 nitrogen and oxygen atoms in total. The van der Waals surface area contributed by atoms with E-state index >= 15 is 0 Å². The van der Waals surface area contributed by atoms with Crippen LogP contribution in [-0.2, 0) is 35.2 Å². The lowest BCUT2D eigenvalue weighted by Crippen LogP contribution is -3.11. The lowest BCUT2D eigenvalue weighted by molar-refractivity contribution is -0.894. The second kappa shape index (κ2) is 21.1. The van der Waals surface area contributed by atoms with E-state index < -0.39 is 71.9 Å². The molecule has 4 atom stereocenters. The van der Waals surface area contributed by atoms with Gasteiger partial charge in [0.25, 0.3) is 5.78 Å². The lowest BCUT2D eigenvalue weighted by atomic mass is 10.0. The van der Waals surface area contributed by atoms with Crippen LogP contribution in [0.1, 0.15) is 60.5 Å². The SMILES string of the molecule is CC(=O)NC(Cc1ccc(O)cc1)C(=O)N[C@H](C(=O)N[C@@H](C)C(=O)NC(CC(=O)[O-])C(=O)C=[N+]=[N-])C(C)C.CC[NH+](CC)CC. The van der Waals surface area contributed by atoms with E-state index in [1.54, 1.807) is 30.9 Å². The molecule has 0 aromatic heterocycles. The number of hydrogen-bond acceptors (Lipinski definition) is 8. The molecule has 15 heteroatoms. The summed E-state index contributed by atoms with van der Waals surface area (Å²) >= 11 is 0. The average Bonchev–Trinajstić information content (AvgIpc) is 2.96. The van der Waals surface area contributed by atoms with E-state index in [9.17, 15) is 39.0 Å². The summed E-state index contributed by atoms with van der Waals surface area (Å²) in [5.74, 6) is -5.88. The number of carbonyl (C=O) groups is 6. The molecule has 0 radical (unpaired) electrons. The van der Waals surface area contributed by atoms with E-state index in [4.69, 9.17) is 5.53 Å². The molecule has 0 fully saturated rings. The zero-order chi connectivity index (χ0) is 34.7. The molecule has 2 unspecified atom stereocenters. The first-order chi connectivity index (χ1) is 21.1. The molecule has 0 saturated carbocycles. The molecular weight excluding hydrogens is 586 g/mol. The number of amides is 4. The highest BCUT2D eigenvalue weighted by atomic mass is 16.4. The minimum absolute atomic E-state index is 0.0285. The molecule has 0 aliphatic heterocycles. The van der Waals surface area contributed by atoms with Gasteiger partial charge < -0.3 is 46.7 Å². The Labute approximate surface area is 263 Å². The van der Waals surface area contributed by atoms with Gasteiger partial charge in [-0.25, -0.2) is 0 Å². The highest BCUT2D eigenvalue weighted by Crippen LogP contribution is 2.12. The van der Waals surface area contributed by atoms with Gasteiger partial charge in [-0.2, -0.15) is 4.79 Å². The van der Waals surface area contributed by atoms with E-state index in [1.165, 1.54) is 45.6 Å². The predicted molar refractivity (Wildman–Crippen MR) is 163 cm³/mol. The maximum Gasteiger partial charge on any atom is 0.325 e. The molecule has 250 valence electrons. The van der Waals surface area contributed by atoms with Crippen molar-refractivity contribution in [2.75, 3.05) is 19.6 Å². The van der Waals surface area contributed by atoms with E-state index in [2.05, 4.69) is 46.8 Å². The normalized spacial score (nSPS) is 13.1. The monoisotopic (exact) mass is 633 g/mol. The summed E-state index contributed by atoms with van der Waals surface area (Å²) in [4.78, 5) is 77.1. The summed E-state index contributed by atoms with van der Waals surface area (Å²) in [5, 5.41) is 30.0. The zero-order valence-electron chi connectivity index (χ0n) is 27.0. The summed E-state index contributed by atoms with van der Waals surface area (Å²) in [6.45, 7) is 16.3. The van der Waals surface area contributed by atoms with Gasteiger partial charge in [0.05, 0.1) is 19.6 Å². The van der Waals surface area contributed by atoms with Gasteiger partial charge in [-0.1, -0.05) is 26.0 Å². The molecule has 0 spiro atoms. The summed E-state index contributed by atoms with van der Waals surface area (Å²) in [5.41, 5.74) is 9.13. The summed E-state index contributed by atoms with van der Waals surface area (Å²) in [7, 11) is 0. The van der Waals surface area contributed by atoms with Crippen LogP contribution in [0.4, 0.5) is 0 Å². The smallest absolute Gasteiger partial charge is 0.325 e. The number of carboxylic acid groups (broad SMARTS) is 1. The van der Waals surface area contributed by atoms with Gasteiger partial charge in [-0.05, 0) is 51.3 Å². The Balaban J connectivity index is 0.00000246. The minimum atomic E-state index is -1.64. The highest BCUT2D eigenvalue weighted by molar-refractivity contribution is 6.28. The molecule has 6 N–H and O–H groups in total. The van der Waals surface area contributed by atoms with Crippen LogP contribution >= 0.6 is 0 Å². The van der Waals surface area contributed by atoms with Crippen molar-refractivity contribution in [3.8, 4) is 5.75 Å². The third-order valence-corrected chi connectivity index (χ3v) is 6.78. The number of nitrogens with zero attached hydrogens (tertiary/aromatic N) is 2. The van der Waals surface area contributed by atoms with Crippen molar-refractivity contribution >= 4 is 41.6 Å². The van der Waals surface area contributed by atoms with Crippen molar-refractivity contribution in [2.45, 2.75) is 85.5 Å². The van der Waals surface area contributed by atoms with Crippen LogP contribution < -0.4 is 31.3 Å². The molecule has 0 saturated heterocycles. The number of aromatic hydroxyl groups is 1. The van der Waals surface area contributed by atoms with Gasteiger partial charge in [0.2, 0.25) is 23.6 Å². The third kappa shape index (κ3) is 16.1. The molecule has 45 heavy (non-hydrogen) atoms. The molecule has 0 heterocycles. The highest BCUT2D eigenvalue weighted by Gasteiger charge is 2.31. The van der Waals surface area contributed by atoms with E-state index in [1.807, 2.05) is 0 Å². The molecular formula is C30H47N7O8. The molecule has 0 aliphatic rings. The molecule has 1 rings (SSSR count). The number of phenols is 1. The van der Waals surface area contributed by atoms with E-state index in [0.29, 0.717) is 11.8 Å². The molecule has 1 aromatic carbocycles. The second-order valence-corrected chi connectivity index (χ2v) is 10.7. The van der Waals surface area contributed by atoms with Gasteiger partial charge in [0.15, 0.2) is 0 Å². The average molecular weight is 634 g/mol. The number of ketones is 1. The third-order valence-electron chi connectivity index (χ3n) is 6.78. The van der Waals surface area contributed by atoms with Crippen LogP contribution in [0.15, 0.2) is 24.3 Å². The topological polar surface area (TPSA) is 235 Å². The first-order valence-electron chi connectivity index (χ1n) is 14.8. The fraction of sp³-hybridized carbons (Fsp3) is 0.567. The largest absolute Gasteiger partial charge is 0.550 e.